The molecule has 0 saturated heterocycles. The third kappa shape index (κ3) is 3.92. The molecule has 29 heavy (non-hydrogen) atoms. The first kappa shape index (κ1) is 19.6. The number of carbonyl (C=O) groups is 1. The van der Waals surface area contributed by atoms with Crippen LogP contribution in [0.15, 0.2) is 59.7 Å². The van der Waals surface area contributed by atoms with Gasteiger partial charge in [-0.2, -0.15) is 0 Å². The molecule has 5 nitrogen and oxygen atoms in total. The summed E-state index contributed by atoms with van der Waals surface area (Å²) in [4.78, 5) is 30.8. The molecule has 0 bridgehead atoms. The van der Waals surface area contributed by atoms with Crippen LogP contribution in [0.2, 0.25) is 10.0 Å². The predicted molar refractivity (Wildman–Crippen MR) is 116 cm³/mol. The number of hydrogen-bond donors (Lipinski definition) is 0. The van der Waals surface area contributed by atoms with Gasteiger partial charge in [0.25, 0.3) is 5.56 Å². The van der Waals surface area contributed by atoms with Crippen molar-refractivity contribution >= 4 is 50.7 Å². The second-order valence-electron chi connectivity index (χ2n) is 6.35. The van der Waals surface area contributed by atoms with E-state index in [-0.39, 0.29) is 5.56 Å². The van der Waals surface area contributed by atoms with Crippen LogP contribution in [-0.2, 0) is 6.54 Å². The van der Waals surface area contributed by atoms with Crippen molar-refractivity contribution in [3.63, 3.8) is 0 Å². The van der Waals surface area contributed by atoms with Crippen LogP contribution in [0.3, 0.4) is 0 Å². The Morgan fingerprint density at radius 2 is 1.86 bits per heavy atom. The molecule has 0 aliphatic heterocycles. The lowest BCUT2D eigenvalue weighted by Gasteiger charge is -2.07. The molecule has 4 rings (SSSR count). The van der Waals surface area contributed by atoms with E-state index in [0.717, 1.165) is 16.9 Å². The Morgan fingerprint density at radius 1 is 1.14 bits per heavy atom. The second kappa shape index (κ2) is 7.99. The largest absolute Gasteiger partial charge is 0.422 e. The first-order chi connectivity index (χ1) is 13.9. The summed E-state index contributed by atoms with van der Waals surface area (Å²) in [6.07, 6.45) is 1.47. The number of rotatable bonds is 4. The molecule has 0 aliphatic rings. The van der Waals surface area contributed by atoms with Crippen LogP contribution >= 0.6 is 34.5 Å². The van der Waals surface area contributed by atoms with Crippen molar-refractivity contribution in [2.75, 3.05) is 0 Å². The van der Waals surface area contributed by atoms with Crippen molar-refractivity contribution in [3.8, 4) is 5.75 Å². The Labute approximate surface area is 180 Å². The fraction of sp³-hybridized carbons (Fsp3) is 0.0952. The van der Waals surface area contributed by atoms with Gasteiger partial charge in [0.15, 0.2) is 0 Å². The van der Waals surface area contributed by atoms with Gasteiger partial charge in [0.1, 0.15) is 15.5 Å². The van der Waals surface area contributed by atoms with E-state index in [9.17, 15) is 9.59 Å². The molecule has 0 saturated carbocycles. The lowest BCUT2D eigenvalue weighted by atomic mass is 10.2. The summed E-state index contributed by atoms with van der Waals surface area (Å²) in [6.45, 7) is 2.02. The molecule has 0 aliphatic carbocycles. The number of esters is 1. The second-order valence-corrected chi connectivity index (χ2v) is 8.19. The van der Waals surface area contributed by atoms with Crippen LogP contribution in [0, 0.1) is 6.92 Å². The highest BCUT2D eigenvalue weighted by Gasteiger charge is 2.21. The minimum absolute atomic E-state index is 0.228. The molecular formula is C21H14Cl2N2O3S. The van der Waals surface area contributed by atoms with Crippen LogP contribution in [0.25, 0.3) is 10.2 Å². The van der Waals surface area contributed by atoms with E-state index in [0.29, 0.717) is 43.0 Å². The van der Waals surface area contributed by atoms with Crippen LogP contribution in [0.5, 0.6) is 5.75 Å². The van der Waals surface area contributed by atoms with E-state index >= 15 is 0 Å². The number of halogens is 2. The van der Waals surface area contributed by atoms with E-state index in [1.807, 2.05) is 18.2 Å². The monoisotopic (exact) mass is 444 g/mol. The van der Waals surface area contributed by atoms with E-state index < -0.39 is 5.97 Å². The molecule has 0 spiro atoms. The summed E-state index contributed by atoms with van der Waals surface area (Å²) in [6, 6.07) is 13.8. The average Bonchev–Trinajstić information content (AvgIpc) is 3.05. The molecule has 0 unspecified atom stereocenters. The smallest absolute Gasteiger partial charge is 0.354 e. The zero-order valence-corrected chi connectivity index (χ0v) is 17.5. The minimum atomic E-state index is -0.537. The van der Waals surface area contributed by atoms with Crippen molar-refractivity contribution in [3.05, 3.63) is 91.3 Å². The van der Waals surface area contributed by atoms with Crippen molar-refractivity contribution in [1.82, 2.24) is 9.55 Å². The summed E-state index contributed by atoms with van der Waals surface area (Å²) in [5, 5.41) is 1.53. The zero-order valence-electron chi connectivity index (χ0n) is 15.2. The van der Waals surface area contributed by atoms with Crippen molar-refractivity contribution in [2.24, 2.45) is 0 Å². The Morgan fingerprint density at radius 3 is 2.59 bits per heavy atom. The number of ether oxygens (including phenoxy) is 1. The molecule has 8 heteroatoms. The molecule has 4 aromatic rings. The van der Waals surface area contributed by atoms with E-state index in [4.69, 9.17) is 27.9 Å². The van der Waals surface area contributed by atoms with Crippen molar-refractivity contribution in [1.29, 1.82) is 0 Å². The summed E-state index contributed by atoms with van der Waals surface area (Å²) in [7, 11) is 0. The fourth-order valence-corrected chi connectivity index (χ4v) is 4.27. The lowest BCUT2D eigenvalue weighted by molar-refractivity contribution is 0.0739. The zero-order chi connectivity index (χ0) is 20.5. The lowest BCUT2D eigenvalue weighted by Crippen LogP contribution is -2.21. The Bertz CT molecular complexity index is 1280. The number of benzene rings is 2. The number of thiophene rings is 1. The molecule has 2 aromatic carbocycles. The van der Waals surface area contributed by atoms with Gasteiger partial charge in [0.2, 0.25) is 0 Å². The maximum Gasteiger partial charge on any atom is 0.354 e. The van der Waals surface area contributed by atoms with E-state index in [2.05, 4.69) is 4.98 Å². The van der Waals surface area contributed by atoms with Crippen molar-refractivity contribution in [2.45, 2.75) is 13.5 Å². The molecule has 2 heterocycles. The van der Waals surface area contributed by atoms with Gasteiger partial charge >= 0.3 is 5.97 Å². The van der Waals surface area contributed by atoms with Gasteiger partial charge < -0.3 is 4.74 Å². The third-order valence-corrected chi connectivity index (χ3v) is 6.23. The fourth-order valence-electron chi connectivity index (χ4n) is 2.93. The molecule has 2 aromatic heterocycles. The van der Waals surface area contributed by atoms with Gasteiger partial charge in [0.05, 0.1) is 18.3 Å². The number of fused-ring (bicyclic) bond motifs is 1. The highest BCUT2D eigenvalue weighted by atomic mass is 35.5. The highest BCUT2D eigenvalue weighted by Crippen LogP contribution is 2.28. The summed E-state index contributed by atoms with van der Waals surface area (Å²) >= 11 is 13.2. The maximum absolute atomic E-state index is 13.0. The van der Waals surface area contributed by atoms with Gasteiger partial charge in [-0.1, -0.05) is 41.4 Å². The number of aryl methyl sites for hydroxylation is 1. The summed E-state index contributed by atoms with van der Waals surface area (Å²) in [5.41, 5.74) is 1.14. The number of carbonyl (C=O) groups excluding carboxylic acids is 1. The van der Waals surface area contributed by atoms with Gasteiger partial charge in [-0.3, -0.25) is 9.36 Å². The molecular weight excluding hydrogens is 431 g/mol. The van der Waals surface area contributed by atoms with E-state index in [1.165, 1.54) is 10.9 Å². The Hall–Kier alpha value is -2.67. The normalized spacial score (nSPS) is 11.0. The predicted octanol–water partition coefficient (Wildman–Crippen LogP) is 5.34. The number of aromatic nitrogens is 2. The highest BCUT2D eigenvalue weighted by molar-refractivity contribution is 7.20. The first-order valence-electron chi connectivity index (χ1n) is 8.63. The summed E-state index contributed by atoms with van der Waals surface area (Å²) in [5.74, 6) is -0.162. The van der Waals surface area contributed by atoms with E-state index in [1.54, 1.807) is 37.3 Å². The van der Waals surface area contributed by atoms with Crippen LogP contribution in [-0.4, -0.2) is 15.5 Å². The third-order valence-electron chi connectivity index (χ3n) is 4.43. The minimum Gasteiger partial charge on any atom is -0.422 e. The average molecular weight is 445 g/mol. The summed E-state index contributed by atoms with van der Waals surface area (Å²) < 4.78 is 6.89. The quantitative estimate of drug-likeness (QED) is 0.314. The van der Waals surface area contributed by atoms with Crippen molar-refractivity contribution < 1.29 is 9.53 Å². The number of hydrogen-bond acceptors (Lipinski definition) is 5. The topological polar surface area (TPSA) is 61.2 Å². The maximum atomic E-state index is 13.0. The first-order valence-corrected chi connectivity index (χ1v) is 10.2. The molecule has 0 amide bonds. The molecule has 0 N–H and O–H groups in total. The Kier molecular flexibility index (Phi) is 5.41. The molecule has 0 radical (unpaired) electrons. The van der Waals surface area contributed by atoms with Gasteiger partial charge in [-0.15, -0.1) is 11.3 Å². The molecule has 0 fully saturated rings. The standard InChI is InChI=1S/C21H14Cl2N2O3S/c1-12-17-19(29-18(12)21(27)28-15-8-6-14(22)7-9-15)24-11-25(20(17)26)10-13-4-2-3-5-16(13)23/h2-9,11H,10H2,1H3. The van der Waals surface area contributed by atoms with Gasteiger partial charge in [0, 0.05) is 10.0 Å². The van der Waals surface area contributed by atoms with Gasteiger partial charge in [-0.25, -0.2) is 9.78 Å². The SMILES string of the molecule is Cc1c(C(=O)Oc2ccc(Cl)cc2)sc2ncn(Cc3ccccc3Cl)c(=O)c12. The van der Waals surface area contributed by atoms with Crippen LogP contribution in [0.4, 0.5) is 0 Å². The van der Waals surface area contributed by atoms with Gasteiger partial charge in [-0.05, 0) is 48.4 Å². The molecule has 0 atom stereocenters. The Balaban J connectivity index is 1.69. The van der Waals surface area contributed by atoms with Crippen LogP contribution in [0.1, 0.15) is 20.8 Å². The number of nitrogens with zero attached hydrogens (tertiary/aromatic N) is 2. The van der Waals surface area contributed by atoms with Crippen LogP contribution < -0.4 is 10.3 Å². The molecule has 146 valence electrons.